The first kappa shape index (κ1) is 15.3. The van der Waals surface area contributed by atoms with Crippen LogP contribution >= 0.6 is 15.9 Å². The number of aromatic nitrogens is 1. The standard InChI is InChI=1S/C13H11BrFN3O3/c1-7(16)8-3-2-4-17-13(8)21-12-6-10(15)9(14)5-11(12)18(19)20/h2-7H,16H2,1H3/t7-/m0/s1. The Morgan fingerprint density at radius 3 is 2.86 bits per heavy atom. The molecule has 2 aromatic rings. The molecule has 8 heteroatoms. The van der Waals surface area contributed by atoms with Gasteiger partial charge >= 0.3 is 5.69 Å². The van der Waals surface area contributed by atoms with Crippen LogP contribution in [0.3, 0.4) is 0 Å². The smallest absolute Gasteiger partial charge is 0.312 e. The van der Waals surface area contributed by atoms with Crippen molar-refractivity contribution in [1.29, 1.82) is 0 Å². The van der Waals surface area contributed by atoms with Crippen molar-refractivity contribution in [3.05, 3.63) is 56.4 Å². The van der Waals surface area contributed by atoms with Crippen LogP contribution in [0.1, 0.15) is 18.5 Å². The highest BCUT2D eigenvalue weighted by atomic mass is 79.9. The van der Waals surface area contributed by atoms with Crippen LogP contribution in [0.5, 0.6) is 11.6 Å². The van der Waals surface area contributed by atoms with Crippen LogP contribution < -0.4 is 10.5 Å². The largest absolute Gasteiger partial charge is 0.431 e. The first-order valence-electron chi connectivity index (χ1n) is 5.92. The molecule has 21 heavy (non-hydrogen) atoms. The van der Waals surface area contributed by atoms with E-state index in [1.54, 1.807) is 19.1 Å². The molecule has 0 bridgehead atoms. The number of pyridine rings is 1. The molecule has 2 N–H and O–H groups in total. The average Bonchev–Trinajstić information content (AvgIpc) is 2.42. The average molecular weight is 356 g/mol. The fourth-order valence-electron chi connectivity index (χ4n) is 1.68. The molecular formula is C13H11BrFN3O3. The van der Waals surface area contributed by atoms with Crippen molar-refractivity contribution in [2.24, 2.45) is 5.73 Å². The van der Waals surface area contributed by atoms with Gasteiger partial charge in [0.2, 0.25) is 11.6 Å². The van der Waals surface area contributed by atoms with Crippen LogP contribution in [-0.4, -0.2) is 9.91 Å². The second kappa shape index (κ2) is 6.15. The highest BCUT2D eigenvalue weighted by Gasteiger charge is 2.21. The van der Waals surface area contributed by atoms with E-state index in [4.69, 9.17) is 10.5 Å². The Morgan fingerprint density at radius 2 is 2.24 bits per heavy atom. The number of halogens is 2. The predicted octanol–water partition coefficient (Wildman–Crippen LogP) is 3.70. The Hall–Kier alpha value is -2.06. The molecule has 1 atom stereocenters. The van der Waals surface area contributed by atoms with Gasteiger partial charge in [-0.25, -0.2) is 9.37 Å². The maximum atomic E-state index is 13.6. The quantitative estimate of drug-likeness (QED) is 0.666. The summed E-state index contributed by atoms with van der Waals surface area (Å²) in [5, 5.41) is 11.0. The van der Waals surface area contributed by atoms with E-state index in [-0.39, 0.29) is 27.8 Å². The number of rotatable bonds is 4. The first-order valence-corrected chi connectivity index (χ1v) is 6.71. The number of nitrogens with zero attached hydrogens (tertiary/aromatic N) is 2. The molecule has 1 heterocycles. The van der Waals surface area contributed by atoms with E-state index in [1.165, 1.54) is 6.20 Å². The molecule has 0 radical (unpaired) electrons. The van der Waals surface area contributed by atoms with E-state index < -0.39 is 10.7 Å². The molecule has 2 rings (SSSR count). The molecule has 0 spiro atoms. The number of nitrogens with two attached hydrogens (primary N) is 1. The van der Waals surface area contributed by atoms with E-state index in [9.17, 15) is 14.5 Å². The van der Waals surface area contributed by atoms with Gasteiger partial charge in [-0.05, 0) is 28.9 Å². The van der Waals surface area contributed by atoms with Crippen LogP contribution in [0.4, 0.5) is 10.1 Å². The maximum absolute atomic E-state index is 13.6. The van der Waals surface area contributed by atoms with Crippen molar-refractivity contribution in [2.45, 2.75) is 13.0 Å². The van der Waals surface area contributed by atoms with E-state index in [1.807, 2.05) is 0 Å². The van der Waals surface area contributed by atoms with Crippen molar-refractivity contribution in [3.63, 3.8) is 0 Å². The molecule has 1 aromatic carbocycles. The zero-order chi connectivity index (χ0) is 15.6. The van der Waals surface area contributed by atoms with Gasteiger partial charge in [-0.15, -0.1) is 0 Å². The molecular weight excluding hydrogens is 345 g/mol. The van der Waals surface area contributed by atoms with Crippen LogP contribution in [0.25, 0.3) is 0 Å². The van der Waals surface area contributed by atoms with Crippen LogP contribution in [0, 0.1) is 15.9 Å². The molecule has 0 fully saturated rings. The lowest BCUT2D eigenvalue weighted by molar-refractivity contribution is -0.385. The van der Waals surface area contributed by atoms with Gasteiger partial charge in [0.1, 0.15) is 5.82 Å². The summed E-state index contributed by atoms with van der Waals surface area (Å²) in [6, 6.07) is 4.95. The van der Waals surface area contributed by atoms with E-state index in [0.717, 1.165) is 12.1 Å². The second-order valence-corrected chi connectivity index (χ2v) is 5.13. The Labute approximate surface area is 128 Å². The number of hydrogen-bond acceptors (Lipinski definition) is 5. The van der Waals surface area contributed by atoms with Gasteiger partial charge in [-0.2, -0.15) is 0 Å². The van der Waals surface area contributed by atoms with E-state index in [2.05, 4.69) is 20.9 Å². The summed E-state index contributed by atoms with van der Waals surface area (Å²) < 4.78 is 19.0. The lowest BCUT2D eigenvalue weighted by Gasteiger charge is -2.12. The minimum atomic E-state index is -0.672. The highest BCUT2D eigenvalue weighted by molar-refractivity contribution is 9.10. The minimum absolute atomic E-state index is 0.0185. The van der Waals surface area contributed by atoms with Gasteiger partial charge in [-0.3, -0.25) is 10.1 Å². The van der Waals surface area contributed by atoms with Crippen molar-refractivity contribution >= 4 is 21.6 Å². The molecule has 0 aliphatic carbocycles. The van der Waals surface area contributed by atoms with Crippen LogP contribution in [0.2, 0.25) is 0 Å². The number of hydrogen-bond donors (Lipinski definition) is 1. The molecule has 6 nitrogen and oxygen atoms in total. The van der Waals surface area contributed by atoms with Crippen molar-refractivity contribution in [1.82, 2.24) is 4.98 Å². The molecule has 0 amide bonds. The van der Waals surface area contributed by atoms with E-state index >= 15 is 0 Å². The van der Waals surface area contributed by atoms with Crippen molar-refractivity contribution in [2.75, 3.05) is 0 Å². The number of nitro groups is 1. The van der Waals surface area contributed by atoms with Crippen LogP contribution in [0.15, 0.2) is 34.9 Å². The summed E-state index contributed by atoms with van der Waals surface area (Å²) in [5.74, 6) is -0.799. The fourth-order valence-corrected chi connectivity index (χ4v) is 2.01. The third-order valence-corrected chi connectivity index (χ3v) is 3.30. The van der Waals surface area contributed by atoms with Crippen LogP contribution in [-0.2, 0) is 0 Å². The van der Waals surface area contributed by atoms with Gasteiger partial charge in [0.15, 0.2) is 0 Å². The van der Waals surface area contributed by atoms with Gasteiger partial charge in [-0.1, -0.05) is 6.07 Å². The summed E-state index contributed by atoms with van der Waals surface area (Å²) in [6.45, 7) is 1.72. The predicted molar refractivity (Wildman–Crippen MR) is 77.7 cm³/mol. The SMILES string of the molecule is C[C@H](N)c1cccnc1Oc1cc(F)c(Br)cc1[N+](=O)[O-]. The molecule has 0 aliphatic rings. The van der Waals surface area contributed by atoms with Gasteiger partial charge < -0.3 is 10.5 Å². The fraction of sp³-hybridized carbons (Fsp3) is 0.154. The molecule has 0 unspecified atom stereocenters. The summed E-state index contributed by atoms with van der Waals surface area (Å²) in [4.78, 5) is 14.4. The normalized spacial score (nSPS) is 12.0. The Balaban J connectivity index is 2.49. The zero-order valence-corrected chi connectivity index (χ0v) is 12.5. The van der Waals surface area contributed by atoms with Gasteiger partial charge in [0, 0.05) is 29.9 Å². The molecule has 110 valence electrons. The molecule has 0 saturated heterocycles. The summed E-state index contributed by atoms with van der Waals surface area (Å²) >= 11 is 2.90. The number of benzene rings is 1. The molecule has 0 aliphatic heterocycles. The topological polar surface area (TPSA) is 91.3 Å². The molecule has 1 aromatic heterocycles. The van der Waals surface area contributed by atoms with Gasteiger partial charge in [0.25, 0.3) is 0 Å². The van der Waals surface area contributed by atoms with Gasteiger partial charge in [0.05, 0.1) is 9.40 Å². The third kappa shape index (κ3) is 3.34. The minimum Gasteiger partial charge on any atom is -0.431 e. The Morgan fingerprint density at radius 1 is 1.52 bits per heavy atom. The highest BCUT2D eigenvalue weighted by Crippen LogP contribution is 2.36. The van der Waals surface area contributed by atoms with E-state index in [0.29, 0.717) is 5.56 Å². The monoisotopic (exact) mass is 355 g/mol. The lowest BCUT2D eigenvalue weighted by Crippen LogP contribution is -2.08. The summed E-state index contributed by atoms with van der Waals surface area (Å²) in [5.41, 5.74) is 5.98. The number of nitro benzene ring substituents is 1. The lowest BCUT2D eigenvalue weighted by atomic mass is 10.1. The Bertz CT molecular complexity index is 694. The third-order valence-electron chi connectivity index (χ3n) is 2.70. The zero-order valence-electron chi connectivity index (χ0n) is 10.9. The summed E-state index contributed by atoms with van der Waals surface area (Å²) in [6.07, 6.45) is 1.46. The number of ether oxygens (including phenoxy) is 1. The summed E-state index contributed by atoms with van der Waals surface area (Å²) in [7, 11) is 0. The Kier molecular flexibility index (Phi) is 4.49. The van der Waals surface area contributed by atoms with Crippen molar-refractivity contribution in [3.8, 4) is 11.6 Å². The molecule has 0 saturated carbocycles. The van der Waals surface area contributed by atoms with Crippen molar-refractivity contribution < 1.29 is 14.1 Å². The maximum Gasteiger partial charge on any atom is 0.312 e. The first-order chi connectivity index (χ1) is 9.90. The second-order valence-electron chi connectivity index (χ2n) is 4.28.